The summed E-state index contributed by atoms with van der Waals surface area (Å²) in [6.07, 6.45) is 7.75. The normalized spacial score (nSPS) is 11.4. The van der Waals surface area contributed by atoms with Crippen LogP contribution < -0.4 is 16.4 Å². The number of nitro benzene ring substituents is 1. The molecule has 1 aliphatic carbocycles. The molecule has 9 nitrogen and oxygen atoms in total. The Balaban J connectivity index is 0.00000179. The number of nitro groups is 1. The van der Waals surface area contributed by atoms with Crippen LogP contribution in [0.25, 0.3) is 5.57 Å². The molecule has 0 fully saturated rings. The van der Waals surface area contributed by atoms with Gasteiger partial charge in [0, 0.05) is 24.6 Å². The van der Waals surface area contributed by atoms with Gasteiger partial charge in [0.15, 0.2) is 0 Å². The molecule has 206 valence electrons. The van der Waals surface area contributed by atoms with E-state index in [2.05, 4.69) is 49.3 Å². The van der Waals surface area contributed by atoms with E-state index in [9.17, 15) is 19.7 Å². The predicted molar refractivity (Wildman–Crippen MR) is 154 cm³/mol. The number of rotatable bonds is 7. The highest BCUT2D eigenvalue weighted by Crippen LogP contribution is 2.28. The molecule has 0 saturated carbocycles. The van der Waals surface area contributed by atoms with Gasteiger partial charge in [-0.3, -0.25) is 19.7 Å². The molecular formula is C29H40N4O5. The molecule has 1 aliphatic rings. The van der Waals surface area contributed by atoms with Crippen molar-refractivity contribution >= 4 is 35.6 Å². The monoisotopic (exact) mass is 524 g/mol. The van der Waals surface area contributed by atoms with Gasteiger partial charge in [0.2, 0.25) is 5.91 Å². The maximum absolute atomic E-state index is 12.4. The van der Waals surface area contributed by atoms with E-state index in [4.69, 9.17) is 4.79 Å². The molecule has 38 heavy (non-hydrogen) atoms. The summed E-state index contributed by atoms with van der Waals surface area (Å²) in [6.45, 7) is 10.2. The molecule has 0 bridgehead atoms. The number of nitrogens with zero attached hydrogens (tertiary/aromatic N) is 1. The largest absolute Gasteiger partial charge is 0.352 e. The molecule has 0 atom stereocenters. The van der Waals surface area contributed by atoms with Crippen molar-refractivity contribution in [3.8, 4) is 0 Å². The number of allylic oxidation sites excluding steroid dienone is 4. The number of nitrogens with one attached hydrogen (secondary N) is 2. The van der Waals surface area contributed by atoms with Crippen LogP contribution in [0.1, 0.15) is 67.9 Å². The number of carbonyl (C=O) groups is 3. The van der Waals surface area contributed by atoms with E-state index in [0.717, 1.165) is 24.0 Å². The molecule has 0 saturated heterocycles. The fourth-order valence-corrected chi connectivity index (χ4v) is 3.45. The Kier molecular flexibility index (Phi) is 17.0. The van der Waals surface area contributed by atoms with Gasteiger partial charge in [0.1, 0.15) is 12.5 Å². The summed E-state index contributed by atoms with van der Waals surface area (Å²) in [5.74, 6) is -0.681. The van der Waals surface area contributed by atoms with Gasteiger partial charge in [0.25, 0.3) is 11.6 Å². The number of hydrogen-bond acceptors (Lipinski definition) is 6. The fourth-order valence-electron chi connectivity index (χ4n) is 3.45. The van der Waals surface area contributed by atoms with Crippen LogP contribution in [0.2, 0.25) is 0 Å². The van der Waals surface area contributed by atoms with Gasteiger partial charge in [-0.05, 0) is 74.2 Å². The minimum absolute atomic E-state index is 0.00568. The highest BCUT2D eigenvalue weighted by molar-refractivity contribution is 5.96. The van der Waals surface area contributed by atoms with Crippen molar-refractivity contribution in [3.05, 3.63) is 87.0 Å². The average molecular weight is 525 g/mol. The molecule has 9 heteroatoms. The number of aryl methyl sites for hydroxylation is 1. The molecule has 0 aromatic heterocycles. The lowest BCUT2D eigenvalue weighted by molar-refractivity contribution is -0.384. The Bertz CT molecular complexity index is 1110. The van der Waals surface area contributed by atoms with Gasteiger partial charge in [-0.25, -0.2) is 0 Å². The summed E-state index contributed by atoms with van der Waals surface area (Å²) < 4.78 is 0. The van der Waals surface area contributed by atoms with Gasteiger partial charge in [-0.2, -0.15) is 0 Å². The van der Waals surface area contributed by atoms with Crippen LogP contribution in [-0.4, -0.2) is 37.1 Å². The van der Waals surface area contributed by atoms with E-state index < -0.39 is 10.8 Å². The number of amides is 2. The highest BCUT2D eigenvalue weighted by Gasteiger charge is 2.16. The van der Waals surface area contributed by atoms with Crippen LogP contribution in [0.5, 0.6) is 0 Å². The Morgan fingerprint density at radius 3 is 2.13 bits per heavy atom. The Labute approximate surface area is 225 Å². The van der Waals surface area contributed by atoms with Crippen LogP contribution in [0.3, 0.4) is 0 Å². The lowest BCUT2D eigenvalue weighted by Crippen LogP contribution is -2.27. The third kappa shape index (κ3) is 11.3. The molecule has 0 spiro atoms. The summed E-state index contributed by atoms with van der Waals surface area (Å²) in [4.78, 5) is 43.1. The molecule has 0 aliphatic heterocycles. The average Bonchev–Trinajstić information content (AvgIpc) is 2.92. The molecule has 2 amide bonds. The van der Waals surface area contributed by atoms with Crippen molar-refractivity contribution in [2.45, 2.75) is 53.4 Å². The zero-order chi connectivity index (χ0) is 29.1. The summed E-state index contributed by atoms with van der Waals surface area (Å²) in [5, 5.41) is 16.4. The van der Waals surface area contributed by atoms with Crippen LogP contribution >= 0.6 is 0 Å². The maximum Gasteiger partial charge on any atom is 0.293 e. The van der Waals surface area contributed by atoms with E-state index in [0.29, 0.717) is 5.56 Å². The quantitative estimate of drug-likeness (QED) is 0.318. The lowest BCUT2D eigenvalue weighted by atomic mass is 9.92. The SMILES string of the molecule is C=O.CC1=CCCC=C1c1ccc(C(=O)NCCC(=O)Nc2ccc(C)cc2[N+](=O)[O-])cc1.CCC.CN. The van der Waals surface area contributed by atoms with Gasteiger partial charge in [0.05, 0.1) is 4.92 Å². The van der Waals surface area contributed by atoms with Crippen molar-refractivity contribution in [1.82, 2.24) is 5.32 Å². The molecule has 0 heterocycles. The van der Waals surface area contributed by atoms with Crippen molar-refractivity contribution in [2.24, 2.45) is 5.73 Å². The maximum atomic E-state index is 12.4. The number of nitrogens with two attached hydrogens (primary N) is 1. The summed E-state index contributed by atoms with van der Waals surface area (Å²) in [5.41, 5.74) is 9.23. The Morgan fingerprint density at radius 1 is 1.00 bits per heavy atom. The summed E-state index contributed by atoms with van der Waals surface area (Å²) in [6, 6.07) is 12.0. The van der Waals surface area contributed by atoms with Gasteiger partial charge < -0.3 is 21.2 Å². The zero-order valence-corrected chi connectivity index (χ0v) is 23.0. The smallest absolute Gasteiger partial charge is 0.293 e. The van der Waals surface area contributed by atoms with Crippen LogP contribution in [0.15, 0.2) is 60.2 Å². The third-order valence-electron chi connectivity index (χ3n) is 5.11. The van der Waals surface area contributed by atoms with Crippen molar-refractivity contribution in [3.63, 3.8) is 0 Å². The molecule has 2 aromatic carbocycles. The third-order valence-corrected chi connectivity index (χ3v) is 5.11. The highest BCUT2D eigenvalue weighted by atomic mass is 16.6. The van der Waals surface area contributed by atoms with Crippen molar-refractivity contribution in [2.75, 3.05) is 18.9 Å². The molecular weight excluding hydrogens is 484 g/mol. The standard InChI is InChI=1S/C24H25N3O4.C3H8.CH5N.CH2O/c1-16-7-12-21(22(15-16)27(30)31)26-23(28)13-14-25-24(29)19-10-8-18(9-11-19)20-6-4-3-5-17(20)2;1-3-2;2*1-2/h5-12,15H,3-4,13-14H2,1-2H3,(H,25,29)(H,26,28);3H2,1-2H3;2H2,1H3;1H2. The van der Waals surface area contributed by atoms with Gasteiger partial charge in [-0.15, -0.1) is 0 Å². The summed E-state index contributed by atoms with van der Waals surface area (Å²) >= 11 is 0. The van der Waals surface area contributed by atoms with Crippen molar-refractivity contribution < 1.29 is 19.3 Å². The number of anilines is 1. The zero-order valence-electron chi connectivity index (χ0n) is 23.0. The second kappa shape index (κ2) is 19.1. The Hall–Kier alpha value is -4.11. The first kappa shape index (κ1) is 33.9. The number of hydrogen-bond donors (Lipinski definition) is 3. The van der Waals surface area contributed by atoms with E-state index in [1.54, 1.807) is 25.1 Å². The van der Waals surface area contributed by atoms with Crippen LogP contribution in [0.4, 0.5) is 11.4 Å². The van der Waals surface area contributed by atoms with Crippen LogP contribution in [-0.2, 0) is 9.59 Å². The van der Waals surface area contributed by atoms with E-state index in [1.165, 1.54) is 36.7 Å². The number of benzene rings is 2. The predicted octanol–water partition coefficient (Wildman–Crippen LogP) is 5.59. The van der Waals surface area contributed by atoms with E-state index in [1.807, 2.05) is 18.9 Å². The van der Waals surface area contributed by atoms with Crippen LogP contribution in [0, 0.1) is 17.0 Å². The first-order valence-corrected chi connectivity index (χ1v) is 12.4. The molecule has 3 rings (SSSR count). The molecule has 0 radical (unpaired) electrons. The minimum atomic E-state index is -0.533. The van der Waals surface area contributed by atoms with E-state index >= 15 is 0 Å². The Morgan fingerprint density at radius 2 is 1.58 bits per heavy atom. The second-order valence-electron chi connectivity index (χ2n) is 8.20. The molecule has 2 aromatic rings. The van der Waals surface area contributed by atoms with Gasteiger partial charge in [-0.1, -0.05) is 50.6 Å². The van der Waals surface area contributed by atoms with Gasteiger partial charge >= 0.3 is 0 Å². The first-order chi connectivity index (χ1) is 18.3. The molecule has 4 N–H and O–H groups in total. The second-order valence-corrected chi connectivity index (χ2v) is 8.20. The molecule has 0 unspecified atom stereocenters. The minimum Gasteiger partial charge on any atom is -0.352 e. The van der Waals surface area contributed by atoms with Crippen molar-refractivity contribution in [1.29, 1.82) is 0 Å². The van der Waals surface area contributed by atoms with E-state index in [-0.39, 0.29) is 30.2 Å². The number of carbonyl (C=O) groups excluding carboxylic acids is 3. The summed E-state index contributed by atoms with van der Waals surface area (Å²) in [7, 11) is 1.50. The lowest BCUT2D eigenvalue weighted by Gasteiger charge is -2.13. The fraction of sp³-hybridized carbons (Fsp3) is 0.345. The first-order valence-electron chi connectivity index (χ1n) is 12.4. The topological polar surface area (TPSA) is 144 Å².